The van der Waals surface area contributed by atoms with Crippen molar-refractivity contribution in [3.05, 3.63) is 87.3 Å². The van der Waals surface area contributed by atoms with Crippen molar-refractivity contribution in [2.24, 2.45) is 0 Å². The number of halogens is 1. The zero-order chi connectivity index (χ0) is 35.2. The molecule has 2 N–H and O–H groups in total. The SMILES string of the molecule is CCN(CCC1(C)OCCCn2c1nc(C(=O)NCc1ccc(F)cc1S(=O)(=O)N1CCOCC1)c(O)c2=O)C(=O)OCc1ccccc1. The average molecular weight is 702 g/mol. The summed E-state index contributed by atoms with van der Waals surface area (Å²) in [6.45, 7) is 4.70. The molecular formula is C33H40FN5O9S. The van der Waals surface area contributed by atoms with E-state index in [2.05, 4.69) is 10.3 Å². The Morgan fingerprint density at radius 1 is 1.12 bits per heavy atom. The highest BCUT2D eigenvalue weighted by molar-refractivity contribution is 7.89. The van der Waals surface area contributed by atoms with Crippen molar-refractivity contribution in [1.82, 2.24) is 24.1 Å². The number of ether oxygens (including phenoxy) is 3. The molecule has 0 spiro atoms. The summed E-state index contributed by atoms with van der Waals surface area (Å²) in [5.74, 6) is -2.52. The van der Waals surface area contributed by atoms with Crippen LogP contribution in [0.15, 0.2) is 58.2 Å². The van der Waals surface area contributed by atoms with Gasteiger partial charge in [-0.3, -0.25) is 14.2 Å². The number of carbonyl (C=O) groups is 2. The third kappa shape index (κ3) is 8.09. The van der Waals surface area contributed by atoms with Gasteiger partial charge in [-0.05, 0) is 43.5 Å². The van der Waals surface area contributed by atoms with Crippen molar-refractivity contribution in [2.75, 3.05) is 46.0 Å². The summed E-state index contributed by atoms with van der Waals surface area (Å²) in [6, 6.07) is 12.5. The van der Waals surface area contributed by atoms with Crippen LogP contribution in [0.1, 0.15) is 54.1 Å². The standard InChI is InChI=1S/C33H40FN5O9S/c1-3-37(32(43)47-22-23-8-5-4-6-9-23)14-12-33(2)31-36-27(28(40)30(42)39(31)13-7-17-48-33)29(41)35-21-24-10-11-25(34)20-26(24)49(44,45)38-15-18-46-19-16-38/h4-6,8-11,20,40H,3,7,12-19,21-22H2,1-2H3,(H,35,41). The first-order valence-corrected chi connectivity index (χ1v) is 17.5. The number of sulfonamides is 1. The Kier molecular flexibility index (Phi) is 11.3. The molecule has 14 nitrogen and oxygen atoms in total. The van der Waals surface area contributed by atoms with Gasteiger partial charge in [0.15, 0.2) is 5.69 Å². The smallest absolute Gasteiger partial charge is 0.410 e. The van der Waals surface area contributed by atoms with Crippen LogP contribution in [0, 0.1) is 5.82 Å². The van der Waals surface area contributed by atoms with Crippen molar-refractivity contribution in [3.63, 3.8) is 0 Å². The lowest BCUT2D eigenvalue weighted by Crippen LogP contribution is -2.41. The molecule has 1 atom stereocenters. The van der Waals surface area contributed by atoms with Gasteiger partial charge in [0.1, 0.15) is 23.8 Å². The number of nitrogens with zero attached hydrogens (tertiary/aromatic N) is 4. The van der Waals surface area contributed by atoms with E-state index in [1.807, 2.05) is 30.3 Å². The minimum absolute atomic E-state index is 0.0871. The second-order valence-electron chi connectivity index (χ2n) is 11.8. The zero-order valence-electron chi connectivity index (χ0n) is 27.4. The number of hydrogen-bond donors (Lipinski definition) is 2. The van der Waals surface area contributed by atoms with Crippen LogP contribution in [0.2, 0.25) is 0 Å². The fraction of sp³-hybridized carbons (Fsp3) is 0.455. The van der Waals surface area contributed by atoms with Crippen LogP contribution in [0.3, 0.4) is 0 Å². The fourth-order valence-electron chi connectivity index (χ4n) is 5.72. The maximum Gasteiger partial charge on any atom is 0.410 e. The molecule has 0 aliphatic carbocycles. The molecule has 2 aliphatic heterocycles. The Bertz CT molecular complexity index is 1830. The molecule has 0 radical (unpaired) electrons. The molecule has 2 aromatic carbocycles. The Morgan fingerprint density at radius 2 is 1.86 bits per heavy atom. The molecule has 5 rings (SSSR count). The molecule has 49 heavy (non-hydrogen) atoms. The van der Waals surface area contributed by atoms with Crippen LogP contribution in [0.4, 0.5) is 9.18 Å². The number of nitrogens with one attached hydrogen (secondary N) is 1. The van der Waals surface area contributed by atoms with Gasteiger partial charge in [-0.2, -0.15) is 4.31 Å². The molecule has 3 heterocycles. The van der Waals surface area contributed by atoms with Gasteiger partial charge in [-0.1, -0.05) is 36.4 Å². The Hall–Kier alpha value is -4.38. The number of morpholine rings is 1. The fourth-order valence-corrected chi connectivity index (χ4v) is 7.36. The number of hydrogen-bond acceptors (Lipinski definition) is 10. The van der Waals surface area contributed by atoms with Crippen molar-refractivity contribution < 1.29 is 41.7 Å². The van der Waals surface area contributed by atoms with Gasteiger partial charge in [-0.25, -0.2) is 22.6 Å². The number of rotatable bonds is 11. The van der Waals surface area contributed by atoms with Gasteiger partial charge in [0.2, 0.25) is 15.8 Å². The lowest BCUT2D eigenvalue weighted by Gasteiger charge is -2.31. The van der Waals surface area contributed by atoms with Crippen LogP contribution < -0.4 is 10.9 Å². The lowest BCUT2D eigenvalue weighted by molar-refractivity contribution is -0.0488. The highest BCUT2D eigenvalue weighted by Crippen LogP contribution is 2.32. The summed E-state index contributed by atoms with van der Waals surface area (Å²) in [6.07, 6.45) is 0.0738. The number of amides is 2. The van der Waals surface area contributed by atoms with Gasteiger partial charge >= 0.3 is 6.09 Å². The first kappa shape index (κ1) is 35.9. The van der Waals surface area contributed by atoms with Crippen LogP contribution in [-0.4, -0.2) is 90.3 Å². The Balaban J connectivity index is 1.36. The van der Waals surface area contributed by atoms with E-state index in [0.717, 1.165) is 17.7 Å². The van der Waals surface area contributed by atoms with Gasteiger partial charge in [0.25, 0.3) is 11.5 Å². The Morgan fingerprint density at radius 3 is 2.57 bits per heavy atom. The predicted octanol–water partition coefficient (Wildman–Crippen LogP) is 2.72. The van der Waals surface area contributed by atoms with Gasteiger partial charge in [-0.15, -0.1) is 0 Å². The summed E-state index contributed by atoms with van der Waals surface area (Å²) in [7, 11) is -4.12. The molecule has 1 unspecified atom stereocenters. The van der Waals surface area contributed by atoms with E-state index in [9.17, 15) is 32.3 Å². The quantitative estimate of drug-likeness (QED) is 0.303. The highest BCUT2D eigenvalue weighted by Gasteiger charge is 2.38. The monoisotopic (exact) mass is 701 g/mol. The van der Waals surface area contributed by atoms with Gasteiger partial charge < -0.3 is 29.5 Å². The molecule has 2 amide bonds. The maximum atomic E-state index is 14.2. The third-order valence-electron chi connectivity index (χ3n) is 8.54. The topological polar surface area (TPSA) is 170 Å². The molecule has 1 aromatic heterocycles. The maximum absolute atomic E-state index is 14.2. The van der Waals surface area contributed by atoms with Gasteiger partial charge in [0, 0.05) is 52.3 Å². The lowest BCUT2D eigenvalue weighted by atomic mass is 9.99. The molecule has 264 valence electrons. The molecular weight excluding hydrogens is 661 g/mol. The van der Waals surface area contributed by atoms with Crippen molar-refractivity contribution in [1.29, 1.82) is 0 Å². The van der Waals surface area contributed by atoms with Crippen molar-refractivity contribution in [2.45, 2.75) is 56.9 Å². The third-order valence-corrected chi connectivity index (χ3v) is 10.5. The summed E-state index contributed by atoms with van der Waals surface area (Å²) in [5, 5.41) is 13.3. The van der Waals surface area contributed by atoms with Crippen molar-refractivity contribution >= 4 is 22.0 Å². The largest absolute Gasteiger partial charge is 0.501 e. The van der Waals surface area contributed by atoms with E-state index >= 15 is 0 Å². The van der Waals surface area contributed by atoms with Crippen LogP contribution in [0.5, 0.6) is 5.75 Å². The van der Waals surface area contributed by atoms with Crippen molar-refractivity contribution in [3.8, 4) is 5.75 Å². The molecule has 0 saturated carbocycles. The number of carbonyl (C=O) groups excluding carboxylic acids is 2. The van der Waals surface area contributed by atoms with E-state index < -0.39 is 50.4 Å². The zero-order valence-corrected chi connectivity index (χ0v) is 28.2. The van der Waals surface area contributed by atoms with E-state index in [0.29, 0.717) is 13.0 Å². The minimum Gasteiger partial charge on any atom is -0.501 e. The van der Waals surface area contributed by atoms with E-state index in [1.54, 1.807) is 13.8 Å². The number of aromatic hydroxyl groups is 1. The summed E-state index contributed by atoms with van der Waals surface area (Å²) in [4.78, 5) is 45.3. The Labute approximate surface area is 283 Å². The number of fused-ring (bicyclic) bond motifs is 1. The van der Waals surface area contributed by atoms with E-state index in [1.165, 1.54) is 19.8 Å². The molecule has 0 bridgehead atoms. The first-order valence-electron chi connectivity index (χ1n) is 16.0. The molecule has 3 aromatic rings. The minimum atomic E-state index is -4.12. The summed E-state index contributed by atoms with van der Waals surface area (Å²) < 4.78 is 60.3. The summed E-state index contributed by atoms with van der Waals surface area (Å²) in [5.41, 5.74) is -1.74. The van der Waals surface area contributed by atoms with E-state index in [-0.39, 0.29) is 81.9 Å². The normalized spacial score (nSPS) is 18.3. The first-order chi connectivity index (χ1) is 23.4. The van der Waals surface area contributed by atoms with Crippen LogP contribution in [0.25, 0.3) is 0 Å². The van der Waals surface area contributed by atoms with Gasteiger partial charge in [0.05, 0.1) is 18.1 Å². The average Bonchev–Trinajstić information content (AvgIpc) is 3.27. The molecule has 2 aliphatic rings. The van der Waals surface area contributed by atoms with Crippen LogP contribution >= 0.6 is 0 Å². The molecule has 16 heteroatoms. The van der Waals surface area contributed by atoms with E-state index in [4.69, 9.17) is 14.2 Å². The predicted molar refractivity (Wildman–Crippen MR) is 174 cm³/mol. The second kappa shape index (κ2) is 15.4. The highest BCUT2D eigenvalue weighted by atomic mass is 32.2. The summed E-state index contributed by atoms with van der Waals surface area (Å²) >= 11 is 0. The molecule has 1 saturated heterocycles. The second-order valence-corrected chi connectivity index (χ2v) is 13.7. The van der Waals surface area contributed by atoms with Crippen LogP contribution in [-0.2, 0) is 49.5 Å². The number of aromatic nitrogens is 2. The molecule has 1 fully saturated rings. The number of benzene rings is 2.